The molecule has 1 aromatic rings. The molecule has 0 saturated heterocycles. The highest BCUT2D eigenvalue weighted by molar-refractivity contribution is 5.86. The van der Waals surface area contributed by atoms with Gasteiger partial charge >= 0.3 is 6.09 Å². The summed E-state index contributed by atoms with van der Waals surface area (Å²) in [6, 6.07) is 3.71. The lowest BCUT2D eigenvalue weighted by atomic mass is 10.0. The van der Waals surface area contributed by atoms with Crippen molar-refractivity contribution in [3.63, 3.8) is 0 Å². The second-order valence-corrected chi connectivity index (χ2v) is 5.35. The SMILES string of the molecule is [CH2]c1ccc(NC(=O)OC(C)(C)C)c2c1COC2. The summed E-state index contributed by atoms with van der Waals surface area (Å²) >= 11 is 0. The molecule has 0 fully saturated rings. The molecule has 0 bridgehead atoms. The van der Waals surface area contributed by atoms with Crippen LogP contribution in [-0.4, -0.2) is 11.7 Å². The fourth-order valence-electron chi connectivity index (χ4n) is 1.87. The molecule has 4 nitrogen and oxygen atoms in total. The van der Waals surface area contributed by atoms with Gasteiger partial charge in [0.1, 0.15) is 5.60 Å². The highest BCUT2D eigenvalue weighted by atomic mass is 16.6. The largest absolute Gasteiger partial charge is 0.444 e. The Hall–Kier alpha value is -1.55. The van der Waals surface area contributed by atoms with Gasteiger partial charge < -0.3 is 9.47 Å². The first-order valence-electron chi connectivity index (χ1n) is 5.91. The van der Waals surface area contributed by atoms with Crippen molar-refractivity contribution in [1.29, 1.82) is 0 Å². The Morgan fingerprint density at radius 2 is 2.00 bits per heavy atom. The van der Waals surface area contributed by atoms with Crippen LogP contribution >= 0.6 is 0 Å². The summed E-state index contributed by atoms with van der Waals surface area (Å²) in [7, 11) is 0. The zero-order chi connectivity index (χ0) is 13.3. The molecule has 0 aromatic heterocycles. The molecular formula is C14H18NO3. The minimum absolute atomic E-state index is 0.451. The third-order valence-electron chi connectivity index (χ3n) is 2.66. The molecule has 1 aliphatic rings. The van der Waals surface area contributed by atoms with Gasteiger partial charge in [-0.05, 0) is 44.9 Å². The highest BCUT2D eigenvalue weighted by Gasteiger charge is 2.21. The number of rotatable bonds is 1. The van der Waals surface area contributed by atoms with E-state index in [1.165, 1.54) is 0 Å². The summed E-state index contributed by atoms with van der Waals surface area (Å²) in [5.41, 5.74) is 3.23. The topological polar surface area (TPSA) is 47.6 Å². The van der Waals surface area contributed by atoms with E-state index < -0.39 is 11.7 Å². The lowest BCUT2D eigenvalue weighted by Crippen LogP contribution is -2.27. The molecule has 0 spiro atoms. The maximum Gasteiger partial charge on any atom is 0.412 e. The van der Waals surface area contributed by atoms with Crippen LogP contribution in [0.1, 0.15) is 37.5 Å². The van der Waals surface area contributed by atoms with Gasteiger partial charge in [-0.15, -0.1) is 0 Å². The fourth-order valence-corrected chi connectivity index (χ4v) is 1.87. The molecule has 18 heavy (non-hydrogen) atoms. The van der Waals surface area contributed by atoms with Crippen molar-refractivity contribution in [3.8, 4) is 0 Å². The number of carbonyl (C=O) groups excluding carboxylic acids is 1. The average Bonchev–Trinajstić information content (AvgIpc) is 2.69. The second kappa shape index (κ2) is 4.61. The van der Waals surface area contributed by atoms with E-state index >= 15 is 0 Å². The van der Waals surface area contributed by atoms with Crippen LogP contribution in [0.15, 0.2) is 12.1 Å². The Bertz CT molecular complexity index is 475. The number of benzene rings is 1. The molecule has 1 aromatic carbocycles. The summed E-state index contributed by atoms with van der Waals surface area (Å²) in [6.07, 6.45) is -0.451. The molecule has 0 aliphatic carbocycles. The zero-order valence-electron chi connectivity index (χ0n) is 11.0. The van der Waals surface area contributed by atoms with Crippen LogP contribution in [0.5, 0.6) is 0 Å². The van der Waals surface area contributed by atoms with Crippen molar-refractivity contribution in [2.75, 3.05) is 5.32 Å². The summed E-state index contributed by atoms with van der Waals surface area (Å²) in [5.74, 6) is 0. The monoisotopic (exact) mass is 248 g/mol. The van der Waals surface area contributed by atoms with E-state index in [0.29, 0.717) is 13.2 Å². The van der Waals surface area contributed by atoms with Crippen molar-refractivity contribution in [2.24, 2.45) is 0 Å². The number of hydrogen-bond donors (Lipinski definition) is 1. The third kappa shape index (κ3) is 2.82. The molecule has 1 N–H and O–H groups in total. The first kappa shape index (κ1) is 12.9. The molecule has 0 atom stereocenters. The van der Waals surface area contributed by atoms with Gasteiger partial charge in [-0.1, -0.05) is 6.07 Å². The van der Waals surface area contributed by atoms with Crippen LogP contribution in [0.25, 0.3) is 0 Å². The number of ether oxygens (including phenoxy) is 2. The summed E-state index contributed by atoms with van der Waals surface area (Å²) < 4.78 is 10.6. The van der Waals surface area contributed by atoms with Gasteiger partial charge in [0.2, 0.25) is 0 Å². The summed E-state index contributed by atoms with van der Waals surface area (Å²) in [5, 5.41) is 2.76. The maximum atomic E-state index is 11.7. The predicted octanol–water partition coefficient (Wildman–Crippen LogP) is 3.25. The minimum atomic E-state index is -0.504. The van der Waals surface area contributed by atoms with Crippen LogP contribution < -0.4 is 5.32 Å². The van der Waals surface area contributed by atoms with E-state index in [0.717, 1.165) is 22.4 Å². The summed E-state index contributed by atoms with van der Waals surface area (Å²) in [6.45, 7) is 10.5. The van der Waals surface area contributed by atoms with Gasteiger partial charge in [-0.2, -0.15) is 0 Å². The van der Waals surface area contributed by atoms with Crippen LogP contribution in [0, 0.1) is 6.92 Å². The molecule has 97 valence electrons. The molecular weight excluding hydrogens is 230 g/mol. The number of fused-ring (bicyclic) bond motifs is 1. The van der Waals surface area contributed by atoms with E-state index in [2.05, 4.69) is 12.2 Å². The Morgan fingerprint density at radius 1 is 1.33 bits per heavy atom. The minimum Gasteiger partial charge on any atom is -0.444 e. The molecule has 4 heteroatoms. The Morgan fingerprint density at radius 3 is 2.67 bits per heavy atom. The van der Waals surface area contributed by atoms with Crippen LogP contribution in [-0.2, 0) is 22.7 Å². The number of amides is 1. The fraction of sp³-hybridized carbons (Fsp3) is 0.429. The summed E-state index contributed by atoms with van der Waals surface area (Å²) in [4.78, 5) is 11.7. The van der Waals surface area contributed by atoms with Crippen LogP contribution in [0.4, 0.5) is 10.5 Å². The van der Waals surface area contributed by atoms with Gasteiger partial charge in [0.05, 0.1) is 13.2 Å². The van der Waals surface area contributed by atoms with Crippen molar-refractivity contribution in [1.82, 2.24) is 0 Å². The van der Waals surface area contributed by atoms with Crippen molar-refractivity contribution < 1.29 is 14.3 Å². The normalized spacial score (nSPS) is 14.2. The van der Waals surface area contributed by atoms with Crippen molar-refractivity contribution in [2.45, 2.75) is 39.6 Å². The predicted molar refractivity (Wildman–Crippen MR) is 69.3 cm³/mol. The molecule has 1 amide bonds. The Balaban J connectivity index is 2.16. The third-order valence-corrected chi connectivity index (χ3v) is 2.66. The smallest absolute Gasteiger partial charge is 0.412 e. The van der Waals surface area contributed by atoms with Crippen LogP contribution in [0.2, 0.25) is 0 Å². The van der Waals surface area contributed by atoms with E-state index in [1.807, 2.05) is 32.9 Å². The number of anilines is 1. The zero-order valence-corrected chi connectivity index (χ0v) is 11.0. The van der Waals surface area contributed by atoms with E-state index in [1.54, 1.807) is 0 Å². The molecule has 0 saturated carbocycles. The first-order chi connectivity index (χ1) is 8.37. The van der Waals surface area contributed by atoms with E-state index in [9.17, 15) is 4.79 Å². The van der Waals surface area contributed by atoms with Gasteiger partial charge in [-0.25, -0.2) is 4.79 Å². The van der Waals surface area contributed by atoms with Crippen molar-refractivity contribution in [3.05, 3.63) is 35.7 Å². The number of nitrogens with one attached hydrogen (secondary N) is 1. The van der Waals surface area contributed by atoms with E-state index in [-0.39, 0.29) is 0 Å². The Kier molecular flexibility index (Phi) is 3.30. The first-order valence-corrected chi connectivity index (χ1v) is 5.91. The van der Waals surface area contributed by atoms with Gasteiger partial charge in [0, 0.05) is 11.3 Å². The molecule has 0 unspecified atom stereocenters. The number of carbonyl (C=O) groups is 1. The van der Waals surface area contributed by atoms with Gasteiger partial charge in [-0.3, -0.25) is 5.32 Å². The van der Waals surface area contributed by atoms with Crippen molar-refractivity contribution >= 4 is 11.8 Å². The highest BCUT2D eigenvalue weighted by Crippen LogP contribution is 2.30. The van der Waals surface area contributed by atoms with E-state index in [4.69, 9.17) is 9.47 Å². The molecule has 2 rings (SSSR count). The quantitative estimate of drug-likeness (QED) is 0.830. The molecule has 1 radical (unpaired) electrons. The second-order valence-electron chi connectivity index (χ2n) is 5.35. The van der Waals surface area contributed by atoms with Gasteiger partial charge in [0.25, 0.3) is 0 Å². The molecule has 1 aliphatic heterocycles. The Labute approximate surface area is 107 Å². The van der Waals surface area contributed by atoms with Crippen LogP contribution in [0.3, 0.4) is 0 Å². The lowest BCUT2D eigenvalue weighted by molar-refractivity contribution is 0.0635. The average molecular weight is 248 g/mol. The van der Waals surface area contributed by atoms with Gasteiger partial charge in [0.15, 0.2) is 0 Å². The number of hydrogen-bond acceptors (Lipinski definition) is 3. The lowest BCUT2D eigenvalue weighted by Gasteiger charge is -2.20. The maximum absolute atomic E-state index is 11.7. The standard InChI is InChI=1S/C14H18NO3/c1-9-5-6-12(11-8-17-7-10(9)11)15-13(16)18-14(2,3)4/h5-6H,1,7-8H2,2-4H3,(H,15,16). The molecule has 1 heterocycles.